The molecule has 10 heteroatoms. The zero-order valence-electron chi connectivity index (χ0n) is 16.0. The fraction of sp³-hybridized carbons (Fsp3) is 0.250. The Morgan fingerprint density at radius 3 is 2.93 bits per heavy atom. The molecule has 1 fully saturated rings. The largest absolute Gasteiger partial charge is 0.389 e. The number of nitrogens with two attached hydrogens (primary N) is 1. The number of aromatic nitrogens is 6. The fourth-order valence-electron chi connectivity index (χ4n) is 3.90. The maximum absolute atomic E-state index is 13.1. The lowest BCUT2D eigenvalue weighted by atomic mass is 10.1. The number of imidazole rings is 2. The van der Waals surface area contributed by atoms with E-state index < -0.39 is 6.10 Å². The Morgan fingerprint density at radius 1 is 1.20 bits per heavy atom. The molecule has 1 saturated heterocycles. The number of carbonyl (C=O) groups excluding carboxylic acids is 1. The third-order valence-electron chi connectivity index (χ3n) is 5.39. The Kier molecular flexibility index (Phi) is 4.40. The number of nitrogen functional groups attached to an aromatic ring is 1. The second kappa shape index (κ2) is 7.23. The normalized spacial score (nSPS) is 18.9. The molecule has 0 unspecified atom stereocenters. The van der Waals surface area contributed by atoms with Gasteiger partial charge in [-0.15, -0.1) is 0 Å². The summed E-state index contributed by atoms with van der Waals surface area (Å²) < 4.78 is 3.71. The van der Waals surface area contributed by atoms with E-state index >= 15 is 0 Å². The molecule has 0 saturated carbocycles. The molecule has 4 aromatic rings. The topological polar surface area (TPSA) is 128 Å². The van der Waals surface area contributed by atoms with Crippen molar-refractivity contribution in [3.8, 4) is 0 Å². The van der Waals surface area contributed by atoms with E-state index in [4.69, 9.17) is 5.73 Å². The van der Waals surface area contributed by atoms with Crippen molar-refractivity contribution in [3.05, 3.63) is 66.8 Å². The minimum absolute atomic E-state index is 0.123. The van der Waals surface area contributed by atoms with Crippen LogP contribution in [0.1, 0.15) is 22.0 Å². The standard InChI is InChI=1S/C20H20N8O2/c21-18-17-19(24-10-23-18)28(12-25-17)15-8-27(9-16(15)29)20(30)14-3-1-2-13(6-14)7-26-5-4-22-11-26/h1-6,10-12,15-16,29H,7-9H2,(H2,21,23,24)/t15-,16-/m0/s1. The van der Waals surface area contributed by atoms with E-state index in [0.29, 0.717) is 29.8 Å². The molecule has 3 aromatic heterocycles. The Balaban J connectivity index is 1.37. The van der Waals surface area contributed by atoms with Crippen LogP contribution in [0.2, 0.25) is 0 Å². The second-order valence-electron chi connectivity index (χ2n) is 7.36. The van der Waals surface area contributed by atoms with Gasteiger partial charge < -0.3 is 24.9 Å². The van der Waals surface area contributed by atoms with Gasteiger partial charge in [0.15, 0.2) is 11.5 Å². The molecule has 10 nitrogen and oxygen atoms in total. The molecule has 1 amide bonds. The smallest absolute Gasteiger partial charge is 0.254 e. The summed E-state index contributed by atoms with van der Waals surface area (Å²) in [5.74, 6) is 0.163. The van der Waals surface area contributed by atoms with Gasteiger partial charge in [0.25, 0.3) is 5.91 Å². The first-order valence-electron chi connectivity index (χ1n) is 9.55. The number of β-amino-alcohol motifs (C(OH)–C–C–N with tert-alkyl or cyclic N) is 1. The van der Waals surface area contributed by atoms with E-state index in [1.165, 1.54) is 6.33 Å². The molecule has 5 rings (SSSR count). The number of amides is 1. The Bertz CT molecular complexity index is 1200. The van der Waals surface area contributed by atoms with E-state index in [9.17, 15) is 9.90 Å². The number of anilines is 1. The van der Waals surface area contributed by atoms with Gasteiger partial charge in [-0.2, -0.15) is 0 Å². The number of likely N-dealkylation sites (tertiary alicyclic amines) is 1. The summed E-state index contributed by atoms with van der Waals surface area (Å²) in [5.41, 5.74) is 8.48. The highest BCUT2D eigenvalue weighted by Crippen LogP contribution is 2.27. The molecule has 2 atom stereocenters. The molecule has 1 aliphatic rings. The monoisotopic (exact) mass is 404 g/mol. The molecule has 152 valence electrons. The maximum atomic E-state index is 13.1. The van der Waals surface area contributed by atoms with E-state index in [2.05, 4.69) is 19.9 Å². The van der Waals surface area contributed by atoms with E-state index in [-0.39, 0.29) is 24.3 Å². The van der Waals surface area contributed by atoms with Crippen molar-refractivity contribution in [2.75, 3.05) is 18.8 Å². The average molecular weight is 404 g/mol. The zero-order chi connectivity index (χ0) is 20.7. The molecule has 0 radical (unpaired) electrons. The molecule has 30 heavy (non-hydrogen) atoms. The highest BCUT2D eigenvalue weighted by atomic mass is 16.3. The number of carbonyl (C=O) groups is 1. The molecule has 3 N–H and O–H groups in total. The van der Waals surface area contributed by atoms with Crippen LogP contribution in [0.4, 0.5) is 5.82 Å². The Labute approximate surface area is 171 Å². The second-order valence-corrected chi connectivity index (χ2v) is 7.36. The van der Waals surface area contributed by atoms with Gasteiger partial charge in [-0.1, -0.05) is 12.1 Å². The SMILES string of the molecule is Nc1ncnc2c1ncn2[C@H]1CN(C(=O)c2cccc(Cn3ccnc3)c2)C[C@@H]1O. The van der Waals surface area contributed by atoms with Gasteiger partial charge in [0.1, 0.15) is 11.8 Å². The molecule has 4 heterocycles. The van der Waals surface area contributed by atoms with Crippen molar-refractivity contribution >= 4 is 22.9 Å². The third kappa shape index (κ3) is 3.16. The molecular formula is C20H20N8O2. The van der Waals surface area contributed by atoms with Crippen molar-refractivity contribution in [1.82, 2.24) is 34.0 Å². The summed E-state index contributed by atoms with van der Waals surface area (Å²) in [4.78, 5) is 31.3. The van der Waals surface area contributed by atoms with Gasteiger partial charge in [-0.05, 0) is 17.7 Å². The molecule has 1 aliphatic heterocycles. The molecule has 0 bridgehead atoms. The number of aliphatic hydroxyl groups is 1. The van der Waals surface area contributed by atoms with Crippen LogP contribution in [0.3, 0.4) is 0 Å². The Morgan fingerprint density at radius 2 is 2.10 bits per heavy atom. The average Bonchev–Trinajstić information content (AvgIpc) is 3.48. The zero-order valence-corrected chi connectivity index (χ0v) is 16.0. The number of hydrogen-bond donors (Lipinski definition) is 2. The van der Waals surface area contributed by atoms with Gasteiger partial charge >= 0.3 is 0 Å². The summed E-state index contributed by atoms with van der Waals surface area (Å²) in [6.45, 7) is 1.21. The number of benzene rings is 1. The lowest BCUT2D eigenvalue weighted by Gasteiger charge is -2.17. The van der Waals surface area contributed by atoms with E-state index in [1.54, 1.807) is 34.4 Å². The highest BCUT2D eigenvalue weighted by Gasteiger charge is 2.36. The predicted molar refractivity (Wildman–Crippen MR) is 108 cm³/mol. The van der Waals surface area contributed by atoms with Crippen molar-refractivity contribution < 1.29 is 9.90 Å². The lowest BCUT2D eigenvalue weighted by Crippen LogP contribution is -2.29. The quantitative estimate of drug-likeness (QED) is 0.513. The molecule has 1 aromatic carbocycles. The minimum Gasteiger partial charge on any atom is -0.389 e. The van der Waals surface area contributed by atoms with Crippen molar-refractivity contribution in [2.45, 2.75) is 18.7 Å². The van der Waals surface area contributed by atoms with Crippen LogP contribution in [0.15, 0.2) is 55.6 Å². The van der Waals surface area contributed by atoms with Crippen LogP contribution in [0, 0.1) is 0 Å². The summed E-state index contributed by atoms with van der Waals surface area (Å²) in [7, 11) is 0. The first-order valence-corrected chi connectivity index (χ1v) is 9.55. The summed E-state index contributed by atoms with van der Waals surface area (Å²) in [6, 6.07) is 7.15. The lowest BCUT2D eigenvalue weighted by molar-refractivity contribution is 0.0764. The van der Waals surface area contributed by atoms with Crippen LogP contribution < -0.4 is 5.73 Å². The summed E-state index contributed by atoms with van der Waals surface area (Å²) in [5, 5.41) is 10.7. The van der Waals surface area contributed by atoms with Crippen molar-refractivity contribution in [1.29, 1.82) is 0 Å². The predicted octanol–water partition coefficient (Wildman–Crippen LogP) is 0.711. The van der Waals surface area contributed by atoms with Crippen LogP contribution in [0.5, 0.6) is 0 Å². The van der Waals surface area contributed by atoms with Crippen LogP contribution >= 0.6 is 0 Å². The number of hydrogen-bond acceptors (Lipinski definition) is 7. The number of aliphatic hydroxyl groups excluding tert-OH is 1. The highest BCUT2D eigenvalue weighted by molar-refractivity contribution is 5.94. The van der Waals surface area contributed by atoms with Crippen molar-refractivity contribution in [3.63, 3.8) is 0 Å². The van der Waals surface area contributed by atoms with Gasteiger partial charge in [0.2, 0.25) is 0 Å². The van der Waals surface area contributed by atoms with Crippen LogP contribution in [-0.2, 0) is 6.54 Å². The number of fused-ring (bicyclic) bond motifs is 1. The van der Waals surface area contributed by atoms with E-state index in [0.717, 1.165) is 5.56 Å². The first-order chi connectivity index (χ1) is 14.6. The number of nitrogens with zero attached hydrogens (tertiary/aromatic N) is 7. The molecular weight excluding hydrogens is 384 g/mol. The van der Waals surface area contributed by atoms with Crippen LogP contribution in [0.25, 0.3) is 11.2 Å². The molecule has 0 aliphatic carbocycles. The first kappa shape index (κ1) is 18.3. The fourth-order valence-corrected chi connectivity index (χ4v) is 3.90. The van der Waals surface area contributed by atoms with Gasteiger partial charge in [-0.25, -0.2) is 19.9 Å². The Hall–Kier alpha value is -3.79. The minimum atomic E-state index is -0.739. The number of rotatable bonds is 4. The van der Waals surface area contributed by atoms with Gasteiger partial charge in [0.05, 0.1) is 24.8 Å². The summed E-state index contributed by atoms with van der Waals surface area (Å²) in [6.07, 6.45) is 7.55. The summed E-state index contributed by atoms with van der Waals surface area (Å²) >= 11 is 0. The molecule has 0 spiro atoms. The van der Waals surface area contributed by atoms with Gasteiger partial charge in [0, 0.05) is 37.6 Å². The van der Waals surface area contributed by atoms with Gasteiger partial charge in [-0.3, -0.25) is 4.79 Å². The van der Waals surface area contributed by atoms with E-state index in [1.807, 2.05) is 29.0 Å². The van der Waals surface area contributed by atoms with Crippen molar-refractivity contribution in [2.24, 2.45) is 0 Å². The maximum Gasteiger partial charge on any atom is 0.254 e. The van der Waals surface area contributed by atoms with Crippen LogP contribution in [-0.4, -0.2) is 64.2 Å². The third-order valence-corrected chi connectivity index (χ3v) is 5.39.